The van der Waals surface area contributed by atoms with Gasteiger partial charge in [0.1, 0.15) is 0 Å². The number of thioether (sulfide) groups is 1. The first-order chi connectivity index (χ1) is 11.0. The topological polar surface area (TPSA) is 50.3 Å². The van der Waals surface area contributed by atoms with Gasteiger partial charge in [-0.25, -0.2) is 17.7 Å². The molecule has 120 valence electrons. The predicted molar refractivity (Wildman–Crippen MR) is 96.5 cm³/mol. The second-order valence-electron chi connectivity index (χ2n) is 5.17. The Balaban J connectivity index is 1.85. The Morgan fingerprint density at radius 2 is 1.87 bits per heavy atom. The lowest BCUT2D eigenvalue weighted by Crippen LogP contribution is -2.22. The molecule has 0 radical (unpaired) electrons. The highest BCUT2D eigenvalue weighted by Crippen LogP contribution is 2.33. The van der Waals surface area contributed by atoms with Crippen LogP contribution < -0.4 is 0 Å². The summed E-state index contributed by atoms with van der Waals surface area (Å²) >= 11 is 3.19. The first-order valence-electron chi connectivity index (χ1n) is 6.96. The van der Waals surface area contributed by atoms with E-state index in [2.05, 4.69) is 17.1 Å². The summed E-state index contributed by atoms with van der Waals surface area (Å²) in [6.45, 7) is 0. The molecule has 0 N–H and O–H groups in total. The highest BCUT2D eigenvalue weighted by molar-refractivity contribution is 8.00. The summed E-state index contributed by atoms with van der Waals surface area (Å²) in [5.74, 6) is 0.851. The molecule has 0 fully saturated rings. The SMILES string of the molecule is CN(C)S(=O)(=O)c1ccc2nc(SCc3ccccc3)sc2c1. The van der Waals surface area contributed by atoms with E-state index in [1.165, 1.54) is 35.3 Å². The van der Waals surface area contributed by atoms with E-state index in [-0.39, 0.29) is 0 Å². The summed E-state index contributed by atoms with van der Waals surface area (Å²) in [6, 6.07) is 15.3. The lowest BCUT2D eigenvalue weighted by atomic mass is 10.2. The number of sulfonamides is 1. The molecule has 2 aromatic carbocycles. The van der Waals surface area contributed by atoms with Gasteiger partial charge in [0.05, 0.1) is 15.1 Å². The Labute approximate surface area is 144 Å². The van der Waals surface area contributed by atoms with Gasteiger partial charge in [-0.2, -0.15) is 0 Å². The molecule has 0 saturated heterocycles. The second-order valence-corrected chi connectivity index (χ2v) is 9.58. The maximum absolute atomic E-state index is 12.2. The molecule has 1 aromatic heterocycles. The van der Waals surface area contributed by atoms with Crippen LogP contribution in [0.2, 0.25) is 0 Å². The molecule has 4 nitrogen and oxygen atoms in total. The van der Waals surface area contributed by atoms with E-state index in [4.69, 9.17) is 0 Å². The fourth-order valence-electron chi connectivity index (χ4n) is 2.04. The summed E-state index contributed by atoms with van der Waals surface area (Å²) in [6.07, 6.45) is 0. The van der Waals surface area contributed by atoms with Gasteiger partial charge in [0.15, 0.2) is 4.34 Å². The summed E-state index contributed by atoms with van der Waals surface area (Å²) in [5, 5.41) is 0. The van der Waals surface area contributed by atoms with Crippen LogP contribution in [0.5, 0.6) is 0 Å². The van der Waals surface area contributed by atoms with Crippen molar-refractivity contribution in [2.45, 2.75) is 15.0 Å². The molecule has 0 aliphatic heterocycles. The normalized spacial score (nSPS) is 12.1. The van der Waals surface area contributed by atoms with E-state index in [9.17, 15) is 8.42 Å². The Kier molecular flexibility index (Phi) is 4.72. The van der Waals surface area contributed by atoms with Gasteiger partial charge in [-0.1, -0.05) is 42.1 Å². The van der Waals surface area contributed by atoms with E-state index in [1.807, 2.05) is 18.2 Å². The van der Waals surface area contributed by atoms with Crippen LogP contribution in [-0.2, 0) is 15.8 Å². The average molecular weight is 365 g/mol. The highest BCUT2D eigenvalue weighted by Gasteiger charge is 2.18. The first-order valence-corrected chi connectivity index (χ1v) is 10.2. The van der Waals surface area contributed by atoms with Crippen LogP contribution >= 0.6 is 23.1 Å². The molecule has 23 heavy (non-hydrogen) atoms. The zero-order valence-electron chi connectivity index (χ0n) is 12.8. The number of thiazole rings is 1. The fraction of sp³-hybridized carbons (Fsp3) is 0.188. The molecule has 0 amide bonds. The maximum Gasteiger partial charge on any atom is 0.242 e. The molecule has 0 saturated carbocycles. The van der Waals surface area contributed by atoms with Gasteiger partial charge in [-0.05, 0) is 23.8 Å². The lowest BCUT2D eigenvalue weighted by molar-refractivity contribution is 0.521. The van der Waals surface area contributed by atoms with Crippen LogP contribution in [0.1, 0.15) is 5.56 Å². The number of nitrogens with zero attached hydrogens (tertiary/aromatic N) is 2. The Morgan fingerprint density at radius 1 is 1.13 bits per heavy atom. The largest absolute Gasteiger partial charge is 0.242 e. The van der Waals surface area contributed by atoms with Gasteiger partial charge >= 0.3 is 0 Å². The third-order valence-corrected chi connectivity index (χ3v) is 7.37. The zero-order chi connectivity index (χ0) is 16.4. The smallest absolute Gasteiger partial charge is 0.230 e. The molecular weight excluding hydrogens is 348 g/mol. The average Bonchev–Trinajstić information content (AvgIpc) is 2.95. The summed E-state index contributed by atoms with van der Waals surface area (Å²) in [7, 11) is -0.339. The van der Waals surface area contributed by atoms with Crippen molar-refractivity contribution in [3.05, 3.63) is 54.1 Å². The number of fused-ring (bicyclic) bond motifs is 1. The number of aromatic nitrogens is 1. The van der Waals surface area contributed by atoms with Crippen molar-refractivity contribution in [2.24, 2.45) is 0 Å². The Hall–Kier alpha value is -1.41. The molecule has 3 rings (SSSR count). The van der Waals surface area contributed by atoms with Crippen molar-refractivity contribution in [3.63, 3.8) is 0 Å². The van der Waals surface area contributed by atoms with Gasteiger partial charge in [0, 0.05) is 19.8 Å². The van der Waals surface area contributed by atoms with Gasteiger partial charge in [-0.15, -0.1) is 11.3 Å². The number of rotatable bonds is 5. The highest BCUT2D eigenvalue weighted by atomic mass is 32.2. The molecule has 0 aliphatic carbocycles. The van der Waals surface area contributed by atoms with E-state index in [1.54, 1.807) is 30.0 Å². The second kappa shape index (κ2) is 6.60. The molecule has 0 atom stereocenters. The predicted octanol–water partition coefficient (Wildman–Crippen LogP) is 3.84. The zero-order valence-corrected chi connectivity index (χ0v) is 15.2. The summed E-state index contributed by atoms with van der Waals surface area (Å²) in [4.78, 5) is 4.87. The maximum atomic E-state index is 12.2. The third kappa shape index (κ3) is 3.58. The monoisotopic (exact) mass is 364 g/mol. The van der Waals surface area contributed by atoms with Crippen LogP contribution in [0, 0.1) is 0 Å². The Bertz CT molecular complexity index is 919. The van der Waals surface area contributed by atoms with E-state index in [0.29, 0.717) is 4.90 Å². The quantitative estimate of drug-likeness (QED) is 0.646. The fourth-order valence-corrected chi connectivity index (χ4v) is 5.10. The van der Waals surface area contributed by atoms with Crippen LogP contribution in [0.15, 0.2) is 57.8 Å². The molecule has 3 aromatic rings. The number of benzene rings is 2. The molecule has 7 heteroatoms. The van der Waals surface area contributed by atoms with Crippen molar-refractivity contribution >= 4 is 43.3 Å². The van der Waals surface area contributed by atoms with Crippen molar-refractivity contribution in [1.29, 1.82) is 0 Å². The molecular formula is C16H16N2O2S3. The van der Waals surface area contributed by atoms with E-state index >= 15 is 0 Å². The molecule has 0 bridgehead atoms. The minimum absolute atomic E-state index is 0.304. The third-order valence-electron chi connectivity index (χ3n) is 3.32. The number of hydrogen-bond acceptors (Lipinski definition) is 5. The van der Waals surface area contributed by atoms with Crippen LogP contribution in [0.3, 0.4) is 0 Å². The standard InChI is InChI=1S/C16H16N2O2S3/c1-18(2)23(19,20)13-8-9-14-15(10-13)22-16(17-14)21-11-12-6-4-3-5-7-12/h3-10H,11H2,1-2H3. The van der Waals surface area contributed by atoms with Gasteiger partial charge in [0.25, 0.3) is 0 Å². The van der Waals surface area contributed by atoms with Crippen LogP contribution in [0.25, 0.3) is 10.2 Å². The van der Waals surface area contributed by atoms with E-state index < -0.39 is 10.0 Å². The summed E-state index contributed by atoms with van der Waals surface area (Å²) < 4.78 is 27.5. The number of hydrogen-bond donors (Lipinski definition) is 0. The van der Waals surface area contributed by atoms with Crippen molar-refractivity contribution in [2.75, 3.05) is 14.1 Å². The van der Waals surface area contributed by atoms with Crippen LogP contribution in [0.4, 0.5) is 0 Å². The molecule has 0 aliphatic rings. The van der Waals surface area contributed by atoms with Crippen molar-refractivity contribution in [3.8, 4) is 0 Å². The van der Waals surface area contributed by atoms with Gasteiger partial charge in [-0.3, -0.25) is 0 Å². The summed E-state index contributed by atoms with van der Waals surface area (Å²) in [5.41, 5.74) is 2.08. The van der Waals surface area contributed by atoms with Gasteiger partial charge < -0.3 is 0 Å². The van der Waals surface area contributed by atoms with E-state index in [0.717, 1.165) is 20.3 Å². The minimum Gasteiger partial charge on any atom is -0.230 e. The lowest BCUT2D eigenvalue weighted by Gasteiger charge is -2.10. The van der Waals surface area contributed by atoms with Gasteiger partial charge in [0.2, 0.25) is 10.0 Å². The molecule has 1 heterocycles. The minimum atomic E-state index is -3.41. The first kappa shape index (κ1) is 16.4. The van der Waals surface area contributed by atoms with Crippen molar-refractivity contribution in [1.82, 2.24) is 9.29 Å². The van der Waals surface area contributed by atoms with Crippen LogP contribution in [-0.4, -0.2) is 31.8 Å². The molecule has 0 unspecified atom stereocenters. The Morgan fingerprint density at radius 3 is 2.57 bits per heavy atom. The van der Waals surface area contributed by atoms with Crippen molar-refractivity contribution < 1.29 is 8.42 Å². The molecule has 0 spiro atoms.